The number of hydrogen-bond acceptors (Lipinski definition) is 4. The molecule has 4 N–H and O–H groups in total. The van der Waals surface area contributed by atoms with Crippen LogP contribution in [0.4, 0.5) is 21.0 Å². The number of likely N-dealkylation sites (tertiary alicyclic amines) is 1. The topological polar surface area (TPSA) is 112 Å². The van der Waals surface area contributed by atoms with Crippen LogP contribution in [0.25, 0.3) is 0 Å². The predicted octanol–water partition coefficient (Wildman–Crippen LogP) is 3.30. The van der Waals surface area contributed by atoms with Gasteiger partial charge in [-0.2, -0.15) is 0 Å². The Morgan fingerprint density at radius 2 is 1.71 bits per heavy atom. The maximum Gasteiger partial charge on any atom is 0.321 e. The van der Waals surface area contributed by atoms with E-state index in [2.05, 4.69) is 21.3 Å². The van der Waals surface area contributed by atoms with Gasteiger partial charge in [0.2, 0.25) is 0 Å². The summed E-state index contributed by atoms with van der Waals surface area (Å²) in [6.07, 6.45) is 7.09. The summed E-state index contributed by atoms with van der Waals surface area (Å²) in [4.78, 5) is 38.0. The zero-order valence-corrected chi connectivity index (χ0v) is 18.1. The van der Waals surface area contributed by atoms with Crippen molar-refractivity contribution in [3.05, 3.63) is 17.2 Å². The highest BCUT2D eigenvalue weighted by molar-refractivity contribution is 6.34. The molecule has 9 nitrogen and oxygen atoms in total. The maximum atomic E-state index is 12.7. The number of ether oxygens (including phenoxy) is 1. The normalized spacial score (nSPS) is 19.6. The number of anilines is 2. The molecule has 0 aromatic heterocycles. The lowest BCUT2D eigenvalue weighted by molar-refractivity contribution is -0.118. The van der Waals surface area contributed by atoms with Gasteiger partial charge in [-0.15, -0.1) is 0 Å². The van der Waals surface area contributed by atoms with E-state index in [1.165, 1.54) is 19.3 Å². The highest BCUT2D eigenvalue weighted by Gasteiger charge is 2.26. The average molecular weight is 450 g/mol. The minimum Gasteiger partial charge on any atom is -0.482 e. The molecule has 3 aliphatic rings. The van der Waals surface area contributed by atoms with Crippen LogP contribution in [0.15, 0.2) is 12.1 Å². The molecule has 1 aromatic rings. The quantitative estimate of drug-likeness (QED) is 0.567. The van der Waals surface area contributed by atoms with E-state index in [-0.39, 0.29) is 36.7 Å². The molecule has 1 saturated heterocycles. The van der Waals surface area contributed by atoms with Gasteiger partial charge >= 0.3 is 12.1 Å². The third-order valence-corrected chi connectivity index (χ3v) is 6.31. The van der Waals surface area contributed by atoms with E-state index < -0.39 is 0 Å². The fourth-order valence-corrected chi connectivity index (χ4v) is 4.49. The van der Waals surface area contributed by atoms with Crippen molar-refractivity contribution in [1.82, 2.24) is 15.5 Å². The first-order valence-corrected chi connectivity index (χ1v) is 11.2. The van der Waals surface area contributed by atoms with Crippen molar-refractivity contribution in [2.24, 2.45) is 0 Å². The first-order chi connectivity index (χ1) is 15.0. The van der Waals surface area contributed by atoms with Crippen LogP contribution in [-0.2, 0) is 4.79 Å². The summed E-state index contributed by atoms with van der Waals surface area (Å²) >= 11 is 6.26. The number of carbonyl (C=O) groups excluding carboxylic acids is 3. The molecule has 2 fully saturated rings. The number of urea groups is 2. The lowest BCUT2D eigenvalue weighted by atomic mass is 9.96. The zero-order valence-electron chi connectivity index (χ0n) is 17.3. The molecule has 1 aliphatic carbocycles. The summed E-state index contributed by atoms with van der Waals surface area (Å²) in [7, 11) is 0. The summed E-state index contributed by atoms with van der Waals surface area (Å²) in [6.45, 7) is 1.00. The number of piperidine rings is 1. The number of halogens is 1. The van der Waals surface area contributed by atoms with Crippen molar-refractivity contribution in [3.8, 4) is 5.75 Å². The fraction of sp³-hybridized carbons (Fsp3) is 0.571. The number of fused-ring (bicyclic) bond motifs is 1. The minimum atomic E-state index is -0.258. The van der Waals surface area contributed by atoms with Crippen molar-refractivity contribution < 1.29 is 19.1 Å². The molecule has 0 radical (unpaired) electrons. The van der Waals surface area contributed by atoms with Gasteiger partial charge < -0.3 is 30.9 Å². The number of rotatable bonds is 3. The number of nitrogens with zero attached hydrogens (tertiary/aromatic N) is 1. The number of benzene rings is 1. The summed E-state index contributed by atoms with van der Waals surface area (Å²) < 4.78 is 5.38. The smallest absolute Gasteiger partial charge is 0.321 e. The Kier molecular flexibility index (Phi) is 6.70. The van der Waals surface area contributed by atoms with Crippen LogP contribution in [0.1, 0.15) is 44.9 Å². The second kappa shape index (κ2) is 9.64. The SMILES string of the molecule is O=C1COc2cc(NC(=O)N3CCC(NC(=O)NC4CCCCC4)CC3)c(Cl)cc2N1. The zero-order chi connectivity index (χ0) is 21.8. The van der Waals surface area contributed by atoms with E-state index in [0.717, 1.165) is 12.8 Å². The third-order valence-electron chi connectivity index (χ3n) is 6.00. The van der Waals surface area contributed by atoms with Crippen LogP contribution in [-0.4, -0.2) is 54.6 Å². The summed E-state index contributed by atoms with van der Waals surface area (Å²) in [5.41, 5.74) is 0.909. The standard InChI is InChI=1S/C21H28ClN5O4/c22-15-10-17-18(31-12-19(28)25-17)11-16(15)26-21(30)27-8-6-14(7-9-27)24-20(29)23-13-4-2-1-3-5-13/h10-11,13-14H,1-9,12H2,(H,25,28)(H,26,30)(H2,23,24,29). The number of nitrogens with one attached hydrogen (secondary N) is 4. The molecule has 0 spiro atoms. The highest BCUT2D eigenvalue weighted by Crippen LogP contribution is 2.36. The van der Waals surface area contributed by atoms with Gasteiger partial charge in [0.05, 0.1) is 16.4 Å². The summed E-state index contributed by atoms with van der Waals surface area (Å²) in [5.74, 6) is 0.218. The molecule has 2 aliphatic heterocycles. The van der Waals surface area contributed by atoms with Crippen LogP contribution in [0.5, 0.6) is 5.75 Å². The Labute approximate surface area is 186 Å². The average Bonchev–Trinajstić information content (AvgIpc) is 2.75. The largest absolute Gasteiger partial charge is 0.482 e. The Balaban J connectivity index is 1.25. The lowest BCUT2D eigenvalue weighted by Gasteiger charge is -2.33. The van der Waals surface area contributed by atoms with Crippen LogP contribution >= 0.6 is 11.6 Å². The number of hydrogen-bond donors (Lipinski definition) is 4. The molecule has 0 unspecified atom stereocenters. The molecule has 0 bridgehead atoms. The molecule has 31 heavy (non-hydrogen) atoms. The van der Waals surface area contributed by atoms with Crippen LogP contribution < -0.4 is 26.0 Å². The maximum absolute atomic E-state index is 12.7. The molecule has 10 heteroatoms. The van der Waals surface area contributed by atoms with E-state index in [1.807, 2.05) is 0 Å². The summed E-state index contributed by atoms with van der Waals surface area (Å²) in [5, 5.41) is 11.9. The Bertz CT molecular complexity index is 850. The first-order valence-electron chi connectivity index (χ1n) is 10.9. The van der Waals surface area contributed by atoms with Crippen molar-refractivity contribution in [1.29, 1.82) is 0 Å². The predicted molar refractivity (Wildman–Crippen MR) is 118 cm³/mol. The highest BCUT2D eigenvalue weighted by atomic mass is 35.5. The molecule has 5 amide bonds. The molecule has 4 rings (SSSR count). The van der Waals surface area contributed by atoms with Crippen molar-refractivity contribution in [2.45, 2.75) is 57.0 Å². The van der Waals surface area contributed by atoms with E-state index >= 15 is 0 Å². The lowest BCUT2D eigenvalue weighted by Crippen LogP contribution is -2.51. The van der Waals surface area contributed by atoms with Gasteiger partial charge in [0.15, 0.2) is 6.61 Å². The van der Waals surface area contributed by atoms with Crippen molar-refractivity contribution in [2.75, 3.05) is 30.3 Å². The molecule has 1 saturated carbocycles. The van der Waals surface area contributed by atoms with Crippen molar-refractivity contribution in [3.63, 3.8) is 0 Å². The van der Waals surface area contributed by atoms with Gasteiger partial charge in [-0.25, -0.2) is 9.59 Å². The third kappa shape index (κ3) is 5.52. The Hall–Kier alpha value is -2.68. The van der Waals surface area contributed by atoms with Crippen LogP contribution in [0.3, 0.4) is 0 Å². The van der Waals surface area contributed by atoms with E-state index in [4.69, 9.17) is 16.3 Å². The van der Waals surface area contributed by atoms with Gasteiger partial charge in [-0.3, -0.25) is 4.79 Å². The molecular weight excluding hydrogens is 422 g/mol. The van der Waals surface area contributed by atoms with Gasteiger partial charge in [0, 0.05) is 31.2 Å². The number of amides is 5. The van der Waals surface area contributed by atoms with Gasteiger partial charge in [0.25, 0.3) is 5.91 Å². The Morgan fingerprint density at radius 3 is 2.42 bits per heavy atom. The fourth-order valence-electron chi connectivity index (χ4n) is 4.28. The van der Waals surface area contributed by atoms with Crippen LogP contribution in [0.2, 0.25) is 5.02 Å². The van der Waals surface area contributed by atoms with Crippen molar-refractivity contribution >= 4 is 40.9 Å². The van der Waals surface area contributed by atoms with Gasteiger partial charge in [-0.05, 0) is 31.7 Å². The molecular formula is C21H28ClN5O4. The monoisotopic (exact) mass is 449 g/mol. The van der Waals surface area contributed by atoms with Crippen LogP contribution in [0, 0.1) is 0 Å². The van der Waals surface area contributed by atoms with Gasteiger partial charge in [0.1, 0.15) is 5.75 Å². The first kappa shape index (κ1) is 21.5. The van der Waals surface area contributed by atoms with E-state index in [9.17, 15) is 14.4 Å². The molecule has 1 aromatic carbocycles. The second-order valence-electron chi connectivity index (χ2n) is 8.31. The van der Waals surface area contributed by atoms with E-state index in [1.54, 1.807) is 17.0 Å². The molecule has 2 heterocycles. The molecule has 168 valence electrons. The summed E-state index contributed by atoms with van der Waals surface area (Å²) in [6, 6.07) is 3.13. The minimum absolute atomic E-state index is 0.0528. The molecule has 0 atom stereocenters. The second-order valence-corrected chi connectivity index (χ2v) is 8.72. The Morgan fingerprint density at radius 1 is 1.03 bits per heavy atom. The number of carbonyl (C=O) groups is 3. The van der Waals surface area contributed by atoms with Gasteiger partial charge in [-0.1, -0.05) is 30.9 Å². The van der Waals surface area contributed by atoms with E-state index in [0.29, 0.717) is 48.1 Å².